The number of amidine groups is 1. The summed E-state index contributed by atoms with van der Waals surface area (Å²) in [6.45, 7) is 0.932. The van der Waals surface area contributed by atoms with Crippen LogP contribution in [-0.4, -0.2) is 44.0 Å². The van der Waals surface area contributed by atoms with Crippen molar-refractivity contribution in [2.45, 2.75) is 61.9 Å². The van der Waals surface area contributed by atoms with E-state index < -0.39 is 22.0 Å². The number of carboxylic acid groups (broad SMARTS) is 1. The normalized spacial score (nSPS) is 19.3. The van der Waals surface area contributed by atoms with Crippen LogP contribution in [0.3, 0.4) is 0 Å². The number of unbranched alkanes of at least 4 members (excludes halogenated alkanes) is 3. The molecule has 1 aromatic rings. The molecule has 8 heteroatoms. The Morgan fingerprint density at radius 2 is 1.97 bits per heavy atom. The lowest BCUT2D eigenvalue weighted by Crippen LogP contribution is -2.40. The van der Waals surface area contributed by atoms with E-state index in [0.29, 0.717) is 6.42 Å². The molecule has 0 aliphatic carbocycles. The Hall–Kier alpha value is -2.45. The molecule has 0 radical (unpaired) electrons. The Morgan fingerprint density at radius 1 is 1.20 bits per heavy atom. The van der Waals surface area contributed by atoms with Crippen LogP contribution in [0, 0.1) is 0 Å². The SMILES string of the molecule is O=C(O)C(CCCCCCC1C=CC2=CCCNC2=N1)NS(=O)(=O)c1ccccc1. The molecule has 7 nitrogen and oxygen atoms in total. The van der Waals surface area contributed by atoms with E-state index in [1.54, 1.807) is 18.2 Å². The molecule has 0 aromatic heterocycles. The van der Waals surface area contributed by atoms with Crippen molar-refractivity contribution in [2.24, 2.45) is 4.99 Å². The Morgan fingerprint density at radius 3 is 2.73 bits per heavy atom. The maximum absolute atomic E-state index is 12.4. The van der Waals surface area contributed by atoms with Crippen molar-refractivity contribution in [1.29, 1.82) is 0 Å². The fourth-order valence-corrected chi connectivity index (χ4v) is 4.86. The number of carboxylic acids is 1. The summed E-state index contributed by atoms with van der Waals surface area (Å²) in [6, 6.07) is 6.90. The minimum absolute atomic E-state index is 0.0730. The van der Waals surface area contributed by atoms with E-state index in [0.717, 1.165) is 44.5 Å². The van der Waals surface area contributed by atoms with Gasteiger partial charge in [0.15, 0.2) is 0 Å². The molecule has 2 aliphatic rings. The van der Waals surface area contributed by atoms with Crippen molar-refractivity contribution >= 4 is 21.8 Å². The summed E-state index contributed by atoms with van der Waals surface area (Å²) in [5.41, 5.74) is 1.18. The molecule has 30 heavy (non-hydrogen) atoms. The van der Waals surface area contributed by atoms with Gasteiger partial charge in [0.2, 0.25) is 10.0 Å². The Balaban J connectivity index is 1.38. The molecule has 1 aromatic carbocycles. The van der Waals surface area contributed by atoms with Gasteiger partial charge in [0.1, 0.15) is 11.9 Å². The van der Waals surface area contributed by atoms with Gasteiger partial charge in [0, 0.05) is 12.1 Å². The number of aliphatic imine (C=N–C) groups is 1. The molecule has 0 amide bonds. The molecule has 2 heterocycles. The standard InChI is InChI=1S/C22H29N3O4S/c26-22(27)20(25-30(28,29)19-11-5-3-6-12-19)13-7-2-1-4-10-18-15-14-17-9-8-16-23-21(17)24-18/h3,5-6,9,11-12,14-15,18,20,25H,1-2,4,7-8,10,13,16H2,(H,23,24)(H,26,27). The Bertz CT molecular complexity index is 923. The lowest BCUT2D eigenvalue weighted by atomic mass is 10.0. The molecule has 3 N–H and O–H groups in total. The topological polar surface area (TPSA) is 108 Å². The molecule has 0 fully saturated rings. The summed E-state index contributed by atoms with van der Waals surface area (Å²) in [4.78, 5) is 16.3. The first-order valence-corrected chi connectivity index (χ1v) is 11.9. The Kier molecular flexibility index (Phi) is 7.81. The average Bonchev–Trinajstić information content (AvgIpc) is 2.75. The summed E-state index contributed by atoms with van der Waals surface area (Å²) in [6.07, 6.45) is 12.2. The highest BCUT2D eigenvalue weighted by molar-refractivity contribution is 7.89. The number of carbonyl (C=O) groups is 1. The van der Waals surface area contributed by atoms with Gasteiger partial charge in [0.25, 0.3) is 0 Å². The van der Waals surface area contributed by atoms with Crippen molar-refractivity contribution in [3.05, 3.63) is 54.1 Å². The van der Waals surface area contributed by atoms with Gasteiger partial charge in [-0.1, -0.05) is 62.1 Å². The smallest absolute Gasteiger partial charge is 0.321 e. The number of sulfonamides is 1. The van der Waals surface area contributed by atoms with E-state index in [4.69, 9.17) is 4.99 Å². The predicted octanol–water partition coefficient (Wildman–Crippen LogP) is 3.02. The zero-order valence-electron chi connectivity index (χ0n) is 17.0. The van der Waals surface area contributed by atoms with Crippen LogP contribution in [-0.2, 0) is 14.8 Å². The van der Waals surface area contributed by atoms with Gasteiger partial charge in [-0.05, 0) is 31.4 Å². The second kappa shape index (κ2) is 10.5. The number of nitrogens with zero attached hydrogens (tertiary/aromatic N) is 1. The van der Waals surface area contributed by atoms with Crippen molar-refractivity contribution in [3.8, 4) is 0 Å². The lowest BCUT2D eigenvalue weighted by molar-refractivity contribution is -0.139. The number of nitrogens with one attached hydrogen (secondary N) is 2. The first kappa shape index (κ1) is 22.2. The molecule has 0 saturated heterocycles. The highest BCUT2D eigenvalue weighted by Gasteiger charge is 2.24. The number of rotatable bonds is 11. The van der Waals surface area contributed by atoms with Crippen LogP contribution in [0.15, 0.2) is 64.0 Å². The van der Waals surface area contributed by atoms with Gasteiger partial charge in [-0.15, -0.1) is 0 Å². The second-order valence-corrected chi connectivity index (χ2v) is 9.31. The lowest BCUT2D eigenvalue weighted by Gasteiger charge is -2.22. The Labute approximate surface area is 178 Å². The minimum Gasteiger partial charge on any atom is -0.480 e. The molecule has 3 rings (SSSR count). The van der Waals surface area contributed by atoms with E-state index in [1.165, 1.54) is 17.7 Å². The van der Waals surface area contributed by atoms with Gasteiger partial charge < -0.3 is 10.4 Å². The average molecular weight is 432 g/mol. The summed E-state index contributed by atoms with van der Waals surface area (Å²) in [5.74, 6) is -0.162. The van der Waals surface area contributed by atoms with Crippen LogP contribution >= 0.6 is 0 Å². The van der Waals surface area contributed by atoms with Crippen molar-refractivity contribution in [1.82, 2.24) is 10.0 Å². The van der Waals surface area contributed by atoms with E-state index in [2.05, 4.69) is 28.3 Å². The number of fused-ring (bicyclic) bond motifs is 1. The third-order valence-corrected chi connectivity index (χ3v) is 6.75. The van der Waals surface area contributed by atoms with Crippen LogP contribution in [0.5, 0.6) is 0 Å². The summed E-state index contributed by atoms with van der Waals surface area (Å²) < 4.78 is 27.0. The molecular formula is C22H29N3O4S. The van der Waals surface area contributed by atoms with E-state index in [-0.39, 0.29) is 17.4 Å². The number of hydrogen-bond donors (Lipinski definition) is 3. The first-order chi connectivity index (χ1) is 14.5. The largest absolute Gasteiger partial charge is 0.480 e. The quantitative estimate of drug-likeness (QED) is 0.467. The maximum atomic E-state index is 12.4. The third kappa shape index (κ3) is 6.27. The molecular weight excluding hydrogens is 402 g/mol. The van der Waals surface area contributed by atoms with Gasteiger partial charge in [0.05, 0.1) is 10.9 Å². The molecule has 162 valence electrons. The molecule has 0 bridgehead atoms. The predicted molar refractivity (Wildman–Crippen MR) is 117 cm³/mol. The van der Waals surface area contributed by atoms with Crippen molar-refractivity contribution < 1.29 is 18.3 Å². The third-order valence-electron chi connectivity index (χ3n) is 5.26. The molecule has 2 aliphatic heterocycles. The van der Waals surface area contributed by atoms with Crippen LogP contribution in [0.1, 0.15) is 44.9 Å². The number of aliphatic carboxylic acids is 1. The van der Waals surface area contributed by atoms with Crippen LogP contribution < -0.4 is 10.0 Å². The van der Waals surface area contributed by atoms with Gasteiger partial charge in [-0.2, -0.15) is 4.72 Å². The summed E-state index contributed by atoms with van der Waals surface area (Å²) in [5, 5.41) is 12.7. The molecule has 2 unspecified atom stereocenters. The fourth-order valence-electron chi connectivity index (χ4n) is 3.61. The van der Waals surface area contributed by atoms with Crippen LogP contribution in [0.4, 0.5) is 0 Å². The van der Waals surface area contributed by atoms with E-state index in [1.807, 2.05) is 0 Å². The van der Waals surface area contributed by atoms with Gasteiger partial charge in [-0.3, -0.25) is 9.79 Å². The first-order valence-electron chi connectivity index (χ1n) is 10.5. The fraction of sp³-hybridized carbons (Fsp3) is 0.455. The number of hydrogen-bond acceptors (Lipinski definition) is 5. The maximum Gasteiger partial charge on any atom is 0.321 e. The minimum atomic E-state index is -3.84. The van der Waals surface area contributed by atoms with E-state index in [9.17, 15) is 18.3 Å². The number of benzene rings is 1. The molecule has 2 atom stereocenters. The number of dihydropyridines is 1. The monoisotopic (exact) mass is 431 g/mol. The van der Waals surface area contributed by atoms with Crippen molar-refractivity contribution in [3.63, 3.8) is 0 Å². The summed E-state index contributed by atoms with van der Waals surface area (Å²) in [7, 11) is -3.84. The van der Waals surface area contributed by atoms with Gasteiger partial charge >= 0.3 is 5.97 Å². The van der Waals surface area contributed by atoms with Crippen molar-refractivity contribution in [2.75, 3.05) is 6.54 Å². The highest BCUT2D eigenvalue weighted by atomic mass is 32.2. The zero-order valence-corrected chi connectivity index (χ0v) is 17.8. The highest BCUT2D eigenvalue weighted by Crippen LogP contribution is 2.19. The molecule has 0 spiro atoms. The van der Waals surface area contributed by atoms with Crippen LogP contribution in [0.25, 0.3) is 0 Å². The molecule has 0 saturated carbocycles. The van der Waals surface area contributed by atoms with Crippen LogP contribution in [0.2, 0.25) is 0 Å². The van der Waals surface area contributed by atoms with E-state index >= 15 is 0 Å². The zero-order chi connectivity index (χ0) is 21.4. The van der Waals surface area contributed by atoms with Gasteiger partial charge in [-0.25, -0.2) is 8.42 Å². The second-order valence-electron chi connectivity index (χ2n) is 7.60. The summed E-state index contributed by atoms with van der Waals surface area (Å²) >= 11 is 0.